The van der Waals surface area contributed by atoms with E-state index in [1.807, 2.05) is 24.3 Å². The number of alkyl halides is 3. The number of anilines is 1. The van der Waals surface area contributed by atoms with E-state index in [9.17, 15) is 18.3 Å². The molecule has 0 aliphatic carbocycles. The fraction of sp³-hybridized carbons (Fsp3) is 0.200. The Labute approximate surface area is 128 Å². The van der Waals surface area contributed by atoms with E-state index >= 15 is 0 Å². The van der Waals surface area contributed by atoms with E-state index in [0.29, 0.717) is 0 Å². The van der Waals surface area contributed by atoms with Crippen LogP contribution in [-0.2, 0) is 6.18 Å². The van der Waals surface area contributed by atoms with Gasteiger partial charge in [0, 0.05) is 16.7 Å². The molecule has 0 aliphatic rings. The highest BCUT2D eigenvalue weighted by Crippen LogP contribution is 2.30. The van der Waals surface area contributed by atoms with Crippen LogP contribution in [0.2, 0.25) is 0 Å². The molecule has 112 valence electrons. The topological polar surface area (TPSA) is 32.3 Å². The first-order valence-corrected chi connectivity index (χ1v) is 7.00. The van der Waals surface area contributed by atoms with Crippen LogP contribution >= 0.6 is 15.9 Å². The van der Waals surface area contributed by atoms with Crippen molar-refractivity contribution in [2.45, 2.75) is 12.3 Å². The molecule has 0 saturated heterocycles. The molecule has 0 aliphatic heterocycles. The Hall–Kier alpha value is -1.53. The number of hydrogen-bond donors (Lipinski definition) is 2. The average molecular weight is 360 g/mol. The van der Waals surface area contributed by atoms with Gasteiger partial charge >= 0.3 is 6.18 Å². The highest BCUT2D eigenvalue weighted by Gasteiger charge is 2.30. The van der Waals surface area contributed by atoms with Gasteiger partial charge < -0.3 is 10.4 Å². The van der Waals surface area contributed by atoms with Gasteiger partial charge in [0.2, 0.25) is 0 Å². The lowest BCUT2D eigenvalue weighted by molar-refractivity contribution is -0.137. The summed E-state index contributed by atoms with van der Waals surface area (Å²) in [6, 6.07) is 12.0. The third kappa shape index (κ3) is 4.47. The number of benzene rings is 2. The molecule has 21 heavy (non-hydrogen) atoms. The number of aliphatic hydroxyl groups excluding tert-OH is 1. The molecule has 0 amide bonds. The first-order valence-electron chi connectivity index (χ1n) is 6.21. The van der Waals surface area contributed by atoms with Gasteiger partial charge in [-0.15, -0.1) is 0 Å². The molecule has 2 rings (SSSR count). The summed E-state index contributed by atoms with van der Waals surface area (Å²) in [5.41, 5.74) is 0.251. The molecule has 0 aromatic heterocycles. The molecule has 2 nitrogen and oxygen atoms in total. The molecular weight excluding hydrogens is 347 g/mol. The molecule has 2 N–H and O–H groups in total. The van der Waals surface area contributed by atoms with Crippen LogP contribution in [-0.4, -0.2) is 11.7 Å². The van der Waals surface area contributed by atoms with Crippen molar-refractivity contribution in [3.05, 3.63) is 64.1 Å². The highest BCUT2D eigenvalue weighted by atomic mass is 79.9. The van der Waals surface area contributed by atoms with Crippen molar-refractivity contribution in [1.82, 2.24) is 0 Å². The number of rotatable bonds is 4. The molecule has 2 aromatic rings. The maximum atomic E-state index is 12.6. The smallest absolute Gasteiger partial charge is 0.387 e. The molecule has 6 heteroatoms. The van der Waals surface area contributed by atoms with Gasteiger partial charge in [-0.2, -0.15) is 13.2 Å². The van der Waals surface area contributed by atoms with Crippen molar-refractivity contribution < 1.29 is 18.3 Å². The Morgan fingerprint density at radius 1 is 1.10 bits per heavy atom. The number of aliphatic hydroxyl groups is 1. The summed E-state index contributed by atoms with van der Waals surface area (Å²) in [4.78, 5) is 0. The Morgan fingerprint density at radius 3 is 2.38 bits per heavy atom. The van der Waals surface area contributed by atoms with Crippen molar-refractivity contribution in [1.29, 1.82) is 0 Å². The molecule has 0 saturated carbocycles. The maximum absolute atomic E-state index is 12.6. The zero-order valence-electron chi connectivity index (χ0n) is 10.9. The molecule has 0 heterocycles. The van der Waals surface area contributed by atoms with Crippen LogP contribution in [0, 0.1) is 0 Å². The van der Waals surface area contributed by atoms with Gasteiger partial charge in [0.05, 0.1) is 11.7 Å². The predicted molar refractivity (Wildman–Crippen MR) is 79.0 cm³/mol. The zero-order chi connectivity index (χ0) is 15.5. The first-order chi connectivity index (χ1) is 9.86. The minimum absolute atomic E-state index is 0.128. The molecule has 0 radical (unpaired) electrons. The lowest BCUT2D eigenvalue weighted by Gasteiger charge is -2.15. The molecular formula is C15H13BrF3NO. The van der Waals surface area contributed by atoms with Crippen molar-refractivity contribution in [3.8, 4) is 0 Å². The Bertz CT molecular complexity index is 599. The number of nitrogens with one attached hydrogen (secondary N) is 1. The predicted octanol–water partition coefficient (Wildman–Crippen LogP) is 4.61. The van der Waals surface area contributed by atoms with Gasteiger partial charge in [0.25, 0.3) is 0 Å². The summed E-state index contributed by atoms with van der Waals surface area (Å²) in [6.45, 7) is 0.128. The second-order valence-electron chi connectivity index (χ2n) is 4.53. The van der Waals surface area contributed by atoms with E-state index in [2.05, 4.69) is 21.2 Å². The number of hydrogen-bond acceptors (Lipinski definition) is 2. The molecule has 0 fully saturated rings. The fourth-order valence-corrected chi connectivity index (χ4v) is 2.09. The first kappa shape index (κ1) is 15.9. The SMILES string of the molecule is OC(CNc1ccc(Br)cc1)c1cccc(C(F)(F)F)c1. The highest BCUT2D eigenvalue weighted by molar-refractivity contribution is 9.10. The van der Waals surface area contributed by atoms with Crippen molar-refractivity contribution in [2.24, 2.45) is 0 Å². The minimum atomic E-state index is -4.41. The van der Waals surface area contributed by atoms with E-state index in [0.717, 1.165) is 22.3 Å². The summed E-state index contributed by atoms with van der Waals surface area (Å²) in [5.74, 6) is 0. The standard InChI is InChI=1S/C15H13BrF3NO/c16-12-4-6-13(7-5-12)20-9-14(21)10-2-1-3-11(8-10)15(17,18)19/h1-8,14,20-21H,9H2. The molecule has 1 unspecified atom stereocenters. The van der Waals surface area contributed by atoms with Crippen molar-refractivity contribution in [2.75, 3.05) is 11.9 Å². The summed E-state index contributed by atoms with van der Waals surface area (Å²) in [7, 11) is 0. The Balaban J connectivity index is 2.03. The summed E-state index contributed by atoms with van der Waals surface area (Å²) < 4.78 is 38.8. The van der Waals surface area contributed by atoms with Gasteiger partial charge in [-0.05, 0) is 42.0 Å². The largest absolute Gasteiger partial charge is 0.416 e. The van der Waals surface area contributed by atoms with Gasteiger partial charge in [-0.25, -0.2) is 0 Å². The van der Waals surface area contributed by atoms with E-state index in [-0.39, 0.29) is 12.1 Å². The van der Waals surface area contributed by atoms with Crippen LogP contribution in [0.5, 0.6) is 0 Å². The van der Waals surface area contributed by atoms with Crippen LogP contribution < -0.4 is 5.32 Å². The Kier molecular flexibility index (Phi) is 4.90. The average Bonchev–Trinajstić information content (AvgIpc) is 2.45. The fourth-order valence-electron chi connectivity index (χ4n) is 1.82. The summed E-state index contributed by atoms with van der Waals surface area (Å²) >= 11 is 3.31. The van der Waals surface area contributed by atoms with Crippen molar-refractivity contribution >= 4 is 21.6 Å². The molecule has 0 spiro atoms. The molecule has 1 atom stereocenters. The van der Waals surface area contributed by atoms with E-state index < -0.39 is 17.8 Å². The third-order valence-corrected chi connectivity index (χ3v) is 3.47. The molecule has 2 aromatic carbocycles. The quantitative estimate of drug-likeness (QED) is 0.835. The maximum Gasteiger partial charge on any atom is 0.416 e. The minimum Gasteiger partial charge on any atom is -0.387 e. The van der Waals surface area contributed by atoms with Gasteiger partial charge in [0.1, 0.15) is 0 Å². The summed E-state index contributed by atoms with van der Waals surface area (Å²) in [6.07, 6.45) is -5.43. The van der Waals surface area contributed by atoms with E-state index in [4.69, 9.17) is 0 Å². The van der Waals surface area contributed by atoms with Gasteiger partial charge in [0.15, 0.2) is 0 Å². The zero-order valence-corrected chi connectivity index (χ0v) is 12.4. The normalized spacial score (nSPS) is 13.0. The molecule has 0 bridgehead atoms. The van der Waals surface area contributed by atoms with Crippen molar-refractivity contribution in [3.63, 3.8) is 0 Å². The van der Waals surface area contributed by atoms with Crippen LogP contribution in [0.3, 0.4) is 0 Å². The summed E-state index contributed by atoms with van der Waals surface area (Å²) in [5, 5.41) is 13.0. The van der Waals surface area contributed by atoms with E-state index in [1.165, 1.54) is 12.1 Å². The van der Waals surface area contributed by atoms with Crippen LogP contribution in [0.25, 0.3) is 0 Å². The van der Waals surface area contributed by atoms with Gasteiger partial charge in [-0.1, -0.05) is 28.1 Å². The van der Waals surface area contributed by atoms with Gasteiger partial charge in [-0.3, -0.25) is 0 Å². The van der Waals surface area contributed by atoms with Crippen LogP contribution in [0.1, 0.15) is 17.2 Å². The van der Waals surface area contributed by atoms with Crippen LogP contribution in [0.15, 0.2) is 53.0 Å². The third-order valence-electron chi connectivity index (χ3n) is 2.94. The monoisotopic (exact) mass is 359 g/mol. The lowest BCUT2D eigenvalue weighted by atomic mass is 10.1. The van der Waals surface area contributed by atoms with E-state index in [1.54, 1.807) is 0 Å². The number of halogens is 4. The lowest BCUT2D eigenvalue weighted by Crippen LogP contribution is -2.13. The second-order valence-corrected chi connectivity index (χ2v) is 5.44. The Morgan fingerprint density at radius 2 is 1.76 bits per heavy atom. The second kappa shape index (κ2) is 6.49. The van der Waals surface area contributed by atoms with Crippen LogP contribution in [0.4, 0.5) is 18.9 Å².